The summed E-state index contributed by atoms with van der Waals surface area (Å²) in [6.07, 6.45) is 1.44. The van der Waals surface area contributed by atoms with Gasteiger partial charge in [-0.15, -0.1) is 0 Å². The molecule has 2 heterocycles. The summed E-state index contributed by atoms with van der Waals surface area (Å²) < 4.78 is 0. The molecule has 8 heteroatoms. The minimum Gasteiger partial charge on any atom is -0.342 e. The molecule has 3 aromatic rings. The number of amides is 1. The van der Waals surface area contributed by atoms with Crippen LogP contribution in [0.25, 0.3) is 11.4 Å². The molecule has 0 saturated heterocycles. The van der Waals surface area contributed by atoms with Crippen molar-refractivity contribution in [1.29, 1.82) is 0 Å². The van der Waals surface area contributed by atoms with E-state index in [4.69, 9.17) is 0 Å². The predicted octanol–water partition coefficient (Wildman–Crippen LogP) is 1.39. The van der Waals surface area contributed by atoms with E-state index in [2.05, 4.69) is 35.7 Å². The quantitative estimate of drug-likeness (QED) is 0.673. The van der Waals surface area contributed by atoms with Crippen LogP contribution in [0.4, 0.5) is 0 Å². The van der Waals surface area contributed by atoms with Crippen LogP contribution in [0.2, 0.25) is 0 Å². The molecule has 2 aromatic heterocycles. The number of hydrogen-bond acceptors (Lipinski definition) is 5. The third-order valence-corrected chi connectivity index (χ3v) is 3.18. The Hall–Kier alpha value is -3.03. The zero-order valence-corrected chi connectivity index (χ0v) is 12.2. The summed E-state index contributed by atoms with van der Waals surface area (Å²) >= 11 is 0. The first-order valence-corrected chi connectivity index (χ1v) is 6.79. The van der Waals surface area contributed by atoms with Gasteiger partial charge in [-0.25, -0.2) is 9.97 Å². The highest BCUT2D eigenvalue weighted by Crippen LogP contribution is 2.15. The number of H-pyrrole nitrogens is 2. The van der Waals surface area contributed by atoms with E-state index < -0.39 is 0 Å². The van der Waals surface area contributed by atoms with Crippen molar-refractivity contribution in [2.45, 2.75) is 19.9 Å². The van der Waals surface area contributed by atoms with Crippen molar-refractivity contribution >= 4 is 5.91 Å². The summed E-state index contributed by atoms with van der Waals surface area (Å²) in [7, 11) is 0. The third kappa shape index (κ3) is 2.85. The molecule has 0 aliphatic heterocycles. The molecule has 0 aliphatic rings. The van der Waals surface area contributed by atoms with Crippen molar-refractivity contribution in [1.82, 2.24) is 35.7 Å². The highest BCUT2D eigenvalue weighted by atomic mass is 16.1. The van der Waals surface area contributed by atoms with Crippen LogP contribution < -0.4 is 5.32 Å². The van der Waals surface area contributed by atoms with E-state index in [1.54, 1.807) is 12.1 Å². The fourth-order valence-electron chi connectivity index (χ4n) is 2.02. The van der Waals surface area contributed by atoms with Gasteiger partial charge in [0.25, 0.3) is 5.91 Å². The second-order valence-electron chi connectivity index (χ2n) is 4.89. The Morgan fingerprint density at radius 1 is 1.23 bits per heavy atom. The number of benzene rings is 1. The summed E-state index contributed by atoms with van der Waals surface area (Å²) in [5, 5.41) is 16.2. The van der Waals surface area contributed by atoms with Crippen LogP contribution in [0.15, 0.2) is 30.6 Å². The highest BCUT2D eigenvalue weighted by Gasteiger charge is 2.15. The summed E-state index contributed by atoms with van der Waals surface area (Å²) in [4.78, 5) is 20.5. The van der Waals surface area contributed by atoms with Crippen LogP contribution in [0.5, 0.6) is 0 Å². The molecule has 1 unspecified atom stereocenters. The average Bonchev–Trinajstić information content (AvgIpc) is 3.18. The number of aryl methyl sites for hydroxylation is 1. The van der Waals surface area contributed by atoms with E-state index in [9.17, 15) is 4.79 Å². The van der Waals surface area contributed by atoms with Gasteiger partial charge in [-0.2, -0.15) is 10.2 Å². The van der Waals surface area contributed by atoms with Crippen molar-refractivity contribution in [2.75, 3.05) is 0 Å². The van der Waals surface area contributed by atoms with Crippen molar-refractivity contribution in [3.63, 3.8) is 0 Å². The molecule has 1 aromatic carbocycles. The molecule has 3 rings (SSSR count). The predicted molar refractivity (Wildman–Crippen MR) is 78.8 cm³/mol. The number of carbonyl (C=O) groups excluding carboxylic acids is 1. The minimum atomic E-state index is -0.272. The van der Waals surface area contributed by atoms with Crippen LogP contribution in [0, 0.1) is 6.92 Å². The molecule has 0 spiro atoms. The molecule has 1 atom stereocenters. The molecular formula is C14H15N7O. The first kappa shape index (κ1) is 13.9. The van der Waals surface area contributed by atoms with Gasteiger partial charge in [0.05, 0.1) is 6.04 Å². The maximum atomic E-state index is 12.2. The van der Waals surface area contributed by atoms with Gasteiger partial charge in [-0.3, -0.25) is 15.0 Å². The molecule has 0 bridgehead atoms. The lowest BCUT2D eigenvalue weighted by Gasteiger charge is -2.10. The number of rotatable bonds is 4. The van der Waals surface area contributed by atoms with Crippen LogP contribution in [-0.2, 0) is 0 Å². The Morgan fingerprint density at radius 3 is 2.59 bits per heavy atom. The molecule has 22 heavy (non-hydrogen) atoms. The zero-order chi connectivity index (χ0) is 15.5. The van der Waals surface area contributed by atoms with E-state index in [1.807, 2.05) is 26.0 Å². The Labute approximate surface area is 126 Å². The monoisotopic (exact) mass is 297 g/mol. The summed E-state index contributed by atoms with van der Waals surface area (Å²) in [6.45, 7) is 3.65. The number of hydrogen-bond donors (Lipinski definition) is 3. The fourth-order valence-corrected chi connectivity index (χ4v) is 2.02. The van der Waals surface area contributed by atoms with Crippen molar-refractivity contribution in [3.8, 4) is 11.4 Å². The number of nitrogens with zero attached hydrogens (tertiary/aromatic N) is 4. The second-order valence-corrected chi connectivity index (χ2v) is 4.89. The maximum absolute atomic E-state index is 12.2. The van der Waals surface area contributed by atoms with Gasteiger partial charge in [-0.05, 0) is 26.0 Å². The van der Waals surface area contributed by atoms with E-state index in [0.29, 0.717) is 23.0 Å². The van der Waals surface area contributed by atoms with E-state index in [0.717, 1.165) is 5.56 Å². The minimum absolute atomic E-state index is 0.181. The van der Waals surface area contributed by atoms with E-state index in [-0.39, 0.29) is 11.9 Å². The lowest BCUT2D eigenvalue weighted by molar-refractivity contribution is 0.0938. The molecule has 112 valence electrons. The molecule has 3 N–H and O–H groups in total. The number of carbonyl (C=O) groups is 1. The van der Waals surface area contributed by atoms with Gasteiger partial charge < -0.3 is 5.32 Å². The largest absolute Gasteiger partial charge is 0.342 e. The molecule has 0 radical (unpaired) electrons. The van der Waals surface area contributed by atoms with Gasteiger partial charge in [0.15, 0.2) is 11.6 Å². The molecular weight excluding hydrogens is 282 g/mol. The van der Waals surface area contributed by atoms with Crippen LogP contribution >= 0.6 is 0 Å². The number of aromatic amines is 2. The molecule has 0 fully saturated rings. The first-order valence-electron chi connectivity index (χ1n) is 6.79. The number of aromatic nitrogens is 6. The summed E-state index contributed by atoms with van der Waals surface area (Å²) in [5.74, 6) is 1.76. The van der Waals surface area contributed by atoms with Crippen molar-refractivity contribution in [2.24, 2.45) is 0 Å². The maximum Gasteiger partial charge on any atom is 0.251 e. The van der Waals surface area contributed by atoms with Gasteiger partial charge in [-0.1, -0.05) is 12.1 Å². The molecule has 0 saturated carbocycles. The van der Waals surface area contributed by atoms with Crippen LogP contribution in [-0.4, -0.2) is 36.3 Å². The summed E-state index contributed by atoms with van der Waals surface area (Å²) in [6, 6.07) is 6.84. The lowest BCUT2D eigenvalue weighted by atomic mass is 10.1. The van der Waals surface area contributed by atoms with E-state index in [1.165, 1.54) is 6.33 Å². The Bertz CT molecular complexity index is 761. The van der Waals surface area contributed by atoms with Gasteiger partial charge >= 0.3 is 0 Å². The zero-order valence-electron chi connectivity index (χ0n) is 12.2. The van der Waals surface area contributed by atoms with E-state index >= 15 is 0 Å². The lowest BCUT2D eigenvalue weighted by Crippen LogP contribution is -2.27. The fraction of sp³-hybridized carbons (Fsp3) is 0.214. The first-order chi connectivity index (χ1) is 10.6. The average molecular weight is 297 g/mol. The topological polar surface area (TPSA) is 112 Å². The van der Waals surface area contributed by atoms with Crippen molar-refractivity contribution in [3.05, 3.63) is 47.8 Å². The van der Waals surface area contributed by atoms with Gasteiger partial charge in [0, 0.05) is 11.1 Å². The Balaban J connectivity index is 1.70. The van der Waals surface area contributed by atoms with Crippen molar-refractivity contribution < 1.29 is 4.79 Å². The standard InChI is InChI=1S/C14H15N7O/c1-8(12-18-9(2)19-21-12)17-14(22)11-5-3-10(4-6-11)13-15-7-16-20-13/h3-8H,1-2H3,(H,17,22)(H,15,16,20)(H,18,19,21). The normalized spacial score (nSPS) is 12.1. The SMILES string of the molecule is Cc1nc(C(C)NC(=O)c2ccc(-c3ncn[nH]3)cc2)n[nH]1. The number of nitrogens with one attached hydrogen (secondary N) is 3. The third-order valence-electron chi connectivity index (χ3n) is 3.18. The smallest absolute Gasteiger partial charge is 0.251 e. The van der Waals surface area contributed by atoms with Gasteiger partial charge in [0.2, 0.25) is 0 Å². The Morgan fingerprint density at radius 2 is 2.00 bits per heavy atom. The molecule has 0 aliphatic carbocycles. The highest BCUT2D eigenvalue weighted by molar-refractivity contribution is 5.94. The summed E-state index contributed by atoms with van der Waals surface area (Å²) in [5.41, 5.74) is 1.43. The Kier molecular flexibility index (Phi) is 3.65. The van der Waals surface area contributed by atoms with Crippen LogP contribution in [0.1, 0.15) is 35.0 Å². The molecule has 8 nitrogen and oxygen atoms in total. The van der Waals surface area contributed by atoms with Crippen LogP contribution in [0.3, 0.4) is 0 Å². The molecule has 1 amide bonds. The van der Waals surface area contributed by atoms with Gasteiger partial charge in [0.1, 0.15) is 12.2 Å². The second kappa shape index (κ2) is 5.76.